The molecule has 1 heterocycles. The maximum absolute atomic E-state index is 12.8. The molecular formula is C20H19NO4S2. The number of carbonyl (C=O) groups excluding carboxylic acids is 2. The number of esters is 1. The van der Waals surface area contributed by atoms with Crippen LogP contribution in [0.1, 0.15) is 12.5 Å². The minimum Gasteiger partial charge on any atom is -0.462 e. The first kappa shape index (κ1) is 19.5. The topological polar surface area (TPSA) is 55.8 Å². The smallest absolute Gasteiger partial charge is 0.329 e. The summed E-state index contributed by atoms with van der Waals surface area (Å²) >= 11 is 6.53. The van der Waals surface area contributed by atoms with E-state index in [1.54, 1.807) is 6.92 Å². The van der Waals surface area contributed by atoms with E-state index in [2.05, 4.69) is 0 Å². The van der Waals surface area contributed by atoms with Crippen molar-refractivity contribution in [2.45, 2.75) is 13.0 Å². The Hall–Kier alpha value is -2.22. The van der Waals surface area contributed by atoms with Crippen molar-refractivity contribution in [3.05, 3.63) is 52.9 Å². The van der Waals surface area contributed by atoms with Crippen molar-refractivity contribution < 1.29 is 19.1 Å². The second kappa shape index (κ2) is 8.65. The number of amides is 1. The van der Waals surface area contributed by atoms with E-state index in [9.17, 15) is 9.59 Å². The lowest BCUT2D eigenvalue weighted by atomic mass is 10.0. The molecule has 0 bridgehead atoms. The Labute approximate surface area is 167 Å². The van der Waals surface area contributed by atoms with Crippen LogP contribution in [0.25, 0.3) is 16.8 Å². The van der Waals surface area contributed by atoms with E-state index in [-0.39, 0.29) is 12.5 Å². The lowest BCUT2D eigenvalue weighted by Crippen LogP contribution is -2.42. The molecule has 1 saturated heterocycles. The van der Waals surface area contributed by atoms with E-state index in [1.165, 1.54) is 23.8 Å². The summed E-state index contributed by atoms with van der Waals surface area (Å²) in [6.07, 6.45) is 1.82. The number of rotatable bonds is 6. The van der Waals surface area contributed by atoms with Crippen LogP contribution < -0.4 is 0 Å². The van der Waals surface area contributed by atoms with Gasteiger partial charge in [-0.2, -0.15) is 0 Å². The Morgan fingerprint density at radius 3 is 2.74 bits per heavy atom. The van der Waals surface area contributed by atoms with Crippen LogP contribution in [0.5, 0.6) is 0 Å². The Morgan fingerprint density at radius 1 is 1.22 bits per heavy atom. The number of methoxy groups -OCH3 is 1. The van der Waals surface area contributed by atoms with Crippen LogP contribution in [-0.4, -0.2) is 47.5 Å². The largest absolute Gasteiger partial charge is 0.462 e. The van der Waals surface area contributed by atoms with Gasteiger partial charge in [-0.15, -0.1) is 0 Å². The number of nitrogens with zero attached hydrogens (tertiary/aromatic N) is 1. The van der Waals surface area contributed by atoms with Gasteiger partial charge in [0, 0.05) is 7.11 Å². The average Bonchev–Trinajstić information content (AvgIpc) is 2.95. The maximum atomic E-state index is 12.8. The lowest BCUT2D eigenvalue weighted by molar-refractivity contribution is -0.151. The fourth-order valence-electron chi connectivity index (χ4n) is 2.78. The summed E-state index contributed by atoms with van der Waals surface area (Å²) in [5, 5.41) is 2.15. The molecule has 140 valence electrons. The predicted octanol–water partition coefficient (Wildman–Crippen LogP) is 3.62. The molecule has 1 aliphatic rings. The van der Waals surface area contributed by atoms with Gasteiger partial charge in [-0.25, -0.2) is 4.79 Å². The summed E-state index contributed by atoms with van der Waals surface area (Å²) in [7, 11) is 1.53. The molecule has 0 saturated carbocycles. The van der Waals surface area contributed by atoms with Crippen molar-refractivity contribution in [2.75, 3.05) is 20.3 Å². The first-order valence-corrected chi connectivity index (χ1v) is 9.66. The van der Waals surface area contributed by atoms with Gasteiger partial charge in [0.15, 0.2) is 0 Å². The van der Waals surface area contributed by atoms with E-state index in [0.29, 0.717) is 15.8 Å². The summed E-state index contributed by atoms with van der Waals surface area (Å²) in [6.45, 7) is 2.05. The zero-order chi connectivity index (χ0) is 19.4. The highest BCUT2D eigenvalue weighted by atomic mass is 32.2. The van der Waals surface area contributed by atoms with Crippen molar-refractivity contribution in [2.24, 2.45) is 0 Å². The van der Waals surface area contributed by atoms with Crippen LogP contribution in [0.2, 0.25) is 0 Å². The summed E-state index contributed by atoms with van der Waals surface area (Å²) in [6, 6.07) is 13.1. The van der Waals surface area contributed by atoms with E-state index in [0.717, 1.165) is 16.3 Å². The molecular weight excluding hydrogens is 382 g/mol. The standard InChI is InChI=1S/C20H19NO4S2/c1-13(19(23)25-11-10-24-2)21-18(22)17(27-20(21)26)12-15-8-5-7-14-6-3-4-9-16(14)15/h3-9,12-13H,10-11H2,1-2H3/b17-12-. The maximum Gasteiger partial charge on any atom is 0.329 e. The number of thiocarbonyl (C=S) groups is 1. The Balaban J connectivity index is 1.83. The van der Waals surface area contributed by atoms with Crippen LogP contribution in [-0.2, 0) is 19.1 Å². The molecule has 1 amide bonds. The molecule has 0 aliphatic carbocycles. The van der Waals surface area contributed by atoms with Crippen molar-refractivity contribution in [1.29, 1.82) is 0 Å². The van der Waals surface area contributed by atoms with E-state index in [4.69, 9.17) is 21.7 Å². The van der Waals surface area contributed by atoms with Gasteiger partial charge in [0.1, 0.15) is 17.0 Å². The van der Waals surface area contributed by atoms with Gasteiger partial charge in [-0.1, -0.05) is 66.4 Å². The predicted molar refractivity (Wildman–Crippen MR) is 111 cm³/mol. The molecule has 1 aliphatic heterocycles. The van der Waals surface area contributed by atoms with Crippen LogP contribution in [0.4, 0.5) is 0 Å². The third-order valence-electron chi connectivity index (χ3n) is 4.19. The van der Waals surface area contributed by atoms with Gasteiger partial charge in [0.25, 0.3) is 5.91 Å². The second-order valence-electron chi connectivity index (χ2n) is 5.96. The van der Waals surface area contributed by atoms with E-state index in [1.807, 2.05) is 48.5 Å². The molecule has 1 fully saturated rings. The molecule has 2 aromatic carbocycles. The first-order chi connectivity index (χ1) is 13.0. The molecule has 3 rings (SSSR count). The summed E-state index contributed by atoms with van der Waals surface area (Å²) in [5.41, 5.74) is 0.934. The van der Waals surface area contributed by atoms with E-state index >= 15 is 0 Å². The fourth-order valence-corrected chi connectivity index (χ4v) is 4.19. The van der Waals surface area contributed by atoms with Gasteiger partial charge in [-0.05, 0) is 29.3 Å². The number of fused-ring (bicyclic) bond motifs is 1. The fraction of sp³-hybridized carbons (Fsp3) is 0.250. The van der Waals surface area contributed by atoms with Crippen LogP contribution in [0, 0.1) is 0 Å². The summed E-state index contributed by atoms with van der Waals surface area (Å²) in [5.74, 6) is -0.788. The number of thioether (sulfide) groups is 1. The van der Waals surface area contributed by atoms with Gasteiger partial charge < -0.3 is 9.47 Å². The Morgan fingerprint density at radius 2 is 1.96 bits per heavy atom. The summed E-state index contributed by atoms with van der Waals surface area (Å²) in [4.78, 5) is 26.8. The van der Waals surface area contributed by atoms with Crippen LogP contribution in [0.15, 0.2) is 47.4 Å². The Kier molecular flexibility index (Phi) is 6.26. The average molecular weight is 402 g/mol. The summed E-state index contributed by atoms with van der Waals surface area (Å²) < 4.78 is 10.3. The van der Waals surface area contributed by atoms with Gasteiger partial charge in [0.2, 0.25) is 0 Å². The highest BCUT2D eigenvalue weighted by Crippen LogP contribution is 2.35. The van der Waals surface area contributed by atoms with Crippen molar-refractivity contribution in [3.63, 3.8) is 0 Å². The molecule has 0 N–H and O–H groups in total. The monoisotopic (exact) mass is 401 g/mol. The molecule has 1 unspecified atom stereocenters. The number of carbonyl (C=O) groups is 2. The molecule has 1 atom stereocenters. The molecule has 27 heavy (non-hydrogen) atoms. The third kappa shape index (κ3) is 4.21. The highest BCUT2D eigenvalue weighted by Gasteiger charge is 2.38. The molecule has 7 heteroatoms. The SMILES string of the molecule is COCCOC(=O)C(C)N1C(=O)/C(=C/c2cccc3ccccc23)SC1=S. The minimum atomic E-state index is -0.784. The molecule has 2 aromatic rings. The quantitative estimate of drug-likeness (QED) is 0.319. The molecule has 5 nitrogen and oxygen atoms in total. The van der Waals surface area contributed by atoms with Crippen molar-refractivity contribution in [3.8, 4) is 0 Å². The lowest BCUT2D eigenvalue weighted by Gasteiger charge is -2.21. The van der Waals surface area contributed by atoms with Crippen LogP contribution >= 0.6 is 24.0 Å². The minimum absolute atomic E-state index is 0.139. The third-order valence-corrected chi connectivity index (χ3v) is 5.52. The second-order valence-corrected chi connectivity index (χ2v) is 7.63. The van der Waals surface area contributed by atoms with Gasteiger partial charge >= 0.3 is 5.97 Å². The van der Waals surface area contributed by atoms with Gasteiger partial charge in [0.05, 0.1) is 11.5 Å². The van der Waals surface area contributed by atoms with Crippen molar-refractivity contribution in [1.82, 2.24) is 4.90 Å². The first-order valence-electron chi connectivity index (χ1n) is 8.43. The van der Waals surface area contributed by atoms with E-state index < -0.39 is 12.0 Å². The highest BCUT2D eigenvalue weighted by molar-refractivity contribution is 8.26. The number of ether oxygens (including phenoxy) is 2. The zero-order valence-corrected chi connectivity index (χ0v) is 16.6. The molecule has 0 aromatic heterocycles. The van der Waals surface area contributed by atoms with Crippen LogP contribution in [0.3, 0.4) is 0 Å². The normalized spacial score (nSPS) is 17.0. The number of hydrogen-bond acceptors (Lipinski definition) is 6. The number of benzene rings is 2. The van der Waals surface area contributed by atoms with Gasteiger partial charge in [-0.3, -0.25) is 9.69 Å². The molecule has 0 radical (unpaired) electrons. The molecule has 0 spiro atoms. The number of hydrogen-bond donors (Lipinski definition) is 0. The van der Waals surface area contributed by atoms with Crippen molar-refractivity contribution >= 4 is 57.0 Å². The Bertz CT molecular complexity index is 920. The zero-order valence-electron chi connectivity index (χ0n) is 15.0.